The minimum Gasteiger partial charge on any atom is -0.484 e. The van der Waals surface area contributed by atoms with Crippen molar-refractivity contribution in [2.75, 3.05) is 31.1 Å². The Hall–Kier alpha value is -2.86. The summed E-state index contributed by atoms with van der Waals surface area (Å²) in [4.78, 5) is 28.6. The average molecular weight is 436 g/mol. The maximum atomic E-state index is 12.4. The number of rotatable bonds is 8. The zero-order chi connectivity index (χ0) is 22.5. The minimum absolute atomic E-state index is 0.0182. The lowest BCUT2D eigenvalue weighted by atomic mass is 9.95. The molecule has 4 rings (SSSR count). The first-order chi connectivity index (χ1) is 15.5. The molecular weight excluding hydrogens is 402 g/mol. The molecule has 6 heteroatoms. The molecule has 0 saturated carbocycles. The lowest BCUT2D eigenvalue weighted by Crippen LogP contribution is -2.49. The number of carbonyl (C=O) groups is 2. The molecule has 0 radical (unpaired) electrons. The van der Waals surface area contributed by atoms with Crippen molar-refractivity contribution in [3.05, 3.63) is 59.7 Å². The molecule has 32 heavy (non-hydrogen) atoms. The molecule has 0 unspecified atom stereocenters. The Morgan fingerprint density at radius 3 is 2.47 bits per heavy atom. The van der Waals surface area contributed by atoms with Crippen LogP contribution in [0.3, 0.4) is 0 Å². The lowest BCUT2D eigenvalue weighted by Gasteiger charge is -2.38. The molecule has 1 fully saturated rings. The summed E-state index contributed by atoms with van der Waals surface area (Å²) in [6, 6.07) is 16.3. The second kappa shape index (κ2) is 10.2. The molecule has 2 amide bonds. The summed E-state index contributed by atoms with van der Waals surface area (Å²) in [5.41, 5.74) is 3.70. The van der Waals surface area contributed by atoms with Crippen molar-refractivity contribution in [1.29, 1.82) is 0 Å². The van der Waals surface area contributed by atoms with Gasteiger partial charge < -0.3 is 15.0 Å². The summed E-state index contributed by atoms with van der Waals surface area (Å²) >= 11 is 0. The largest absolute Gasteiger partial charge is 0.484 e. The number of anilines is 1. The maximum Gasteiger partial charge on any atom is 0.257 e. The second-order valence-electron chi connectivity index (χ2n) is 9.04. The van der Waals surface area contributed by atoms with Crippen molar-refractivity contribution in [2.24, 2.45) is 5.92 Å². The summed E-state index contributed by atoms with van der Waals surface area (Å²) < 4.78 is 5.67. The van der Waals surface area contributed by atoms with Crippen LogP contribution in [0, 0.1) is 5.92 Å². The number of hydrogen-bond acceptors (Lipinski definition) is 4. The molecule has 2 aromatic carbocycles. The SMILES string of the molecule is CC(C)[C@H](CNC(=O)COc1ccc(N2CCCC2=O)cc1)N1CCc2ccccc2C1. The molecule has 2 aliphatic heterocycles. The summed E-state index contributed by atoms with van der Waals surface area (Å²) in [5.74, 6) is 1.10. The van der Waals surface area contributed by atoms with Gasteiger partial charge in [-0.25, -0.2) is 0 Å². The Labute approximate surface area is 190 Å². The van der Waals surface area contributed by atoms with Crippen molar-refractivity contribution >= 4 is 17.5 Å². The van der Waals surface area contributed by atoms with E-state index in [0.717, 1.165) is 38.2 Å². The Kier molecular flexibility index (Phi) is 7.10. The lowest BCUT2D eigenvalue weighted by molar-refractivity contribution is -0.123. The van der Waals surface area contributed by atoms with Gasteiger partial charge in [-0.3, -0.25) is 14.5 Å². The number of ether oxygens (including phenoxy) is 1. The quantitative estimate of drug-likeness (QED) is 0.691. The molecule has 170 valence electrons. The molecule has 1 atom stereocenters. The van der Waals surface area contributed by atoms with E-state index in [2.05, 4.69) is 48.3 Å². The third kappa shape index (κ3) is 5.30. The molecule has 1 saturated heterocycles. The zero-order valence-electron chi connectivity index (χ0n) is 19.0. The summed E-state index contributed by atoms with van der Waals surface area (Å²) in [7, 11) is 0. The first-order valence-electron chi connectivity index (χ1n) is 11.6. The Morgan fingerprint density at radius 2 is 1.78 bits per heavy atom. The van der Waals surface area contributed by atoms with Crippen molar-refractivity contribution in [3.8, 4) is 5.75 Å². The predicted octanol–water partition coefficient (Wildman–Crippen LogP) is 3.39. The van der Waals surface area contributed by atoms with E-state index in [0.29, 0.717) is 24.6 Å². The van der Waals surface area contributed by atoms with Gasteiger partial charge in [0.2, 0.25) is 5.91 Å². The zero-order valence-corrected chi connectivity index (χ0v) is 19.0. The first-order valence-corrected chi connectivity index (χ1v) is 11.6. The number of nitrogens with zero attached hydrogens (tertiary/aromatic N) is 2. The van der Waals surface area contributed by atoms with Crippen molar-refractivity contribution < 1.29 is 14.3 Å². The van der Waals surface area contributed by atoms with Gasteiger partial charge in [0.25, 0.3) is 5.91 Å². The third-order valence-corrected chi connectivity index (χ3v) is 6.50. The van der Waals surface area contributed by atoms with Crippen LogP contribution in [0.2, 0.25) is 0 Å². The predicted molar refractivity (Wildman–Crippen MR) is 126 cm³/mol. The maximum absolute atomic E-state index is 12.4. The summed E-state index contributed by atoms with van der Waals surface area (Å²) in [5, 5.41) is 3.06. The standard InChI is InChI=1S/C26H33N3O3/c1-19(2)24(28-15-13-20-6-3-4-7-21(20)17-28)16-27-25(30)18-32-23-11-9-22(10-12-23)29-14-5-8-26(29)31/h3-4,6-7,9-12,19,24H,5,8,13-18H2,1-2H3,(H,27,30)/t24-/m0/s1. The highest BCUT2D eigenvalue weighted by Gasteiger charge is 2.26. The van der Waals surface area contributed by atoms with E-state index in [9.17, 15) is 9.59 Å². The molecule has 2 aliphatic rings. The van der Waals surface area contributed by atoms with E-state index in [1.807, 2.05) is 24.3 Å². The first kappa shape index (κ1) is 22.3. The van der Waals surface area contributed by atoms with E-state index in [-0.39, 0.29) is 24.5 Å². The second-order valence-corrected chi connectivity index (χ2v) is 9.04. The Balaban J connectivity index is 1.26. The molecule has 1 N–H and O–H groups in total. The van der Waals surface area contributed by atoms with Crippen LogP contribution in [0.1, 0.15) is 37.8 Å². The molecule has 2 heterocycles. The third-order valence-electron chi connectivity index (χ3n) is 6.50. The number of hydrogen-bond donors (Lipinski definition) is 1. The smallest absolute Gasteiger partial charge is 0.257 e. The minimum atomic E-state index is -0.119. The fraction of sp³-hybridized carbons (Fsp3) is 0.462. The Morgan fingerprint density at radius 1 is 1.03 bits per heavy atom. The molecule has 2 aromatic rings. The van der Waals surface area contributed by atoms with Gasteiger partial charge in [-0.2, -0.15) is 0 Å². The van der Waals surface area contributed by atoms with Crippen LogP contribution in [0.4, 0.5) is 5.69 Å². The summed E-state index contributed by atoms with van der Waals surface area (Å²) in [6.07, 6.45) is 2.56. The molecule has 6 nitrogen and oxygen atoms in total. The number of nitrogens with one attached hydrogen (secondary N) is 1. The normalized spacial score (nSPS) is 17.3. The fourth-order valence-electron chi connectivity index (χ4n) is 4.65. The van der Waals surface area contributed by atoms with Crippen molar-refractivity contribution in [3.63, 3.8) is 0 Å². The monoisotopic (exact) mass is 435 g/mol. The van der Waals surface area contributed by atoms with E-state index < -0.39 is 0 Å². The average Bonchev–Trinajstić information content (AvgIpc) is 3.23. The van der Waals surface area contributed by atoms with E-state index in [1.165, 1.54) is 11.1 Å². The fourth-order valence-corrected chi connectivity index (χ4v) is 4.65. The van der Waals surface area contributed by atoms with Crippen LogP contribution in [0.5, 0.6) is 5.75 Å². The number of benzene rings is 2. The van der Waals surface area contributed by atoms with E-state index in [1.54, 1.807) is 4.90 Å². The van der Waals surface area contributed by atoms with E-state index in [4.69, 9.17) is 4.74 Å². The van der Waals surface area contributed by atoms with Crippen LogP contribution < -0.4 is 15.0 Å². The van der Waals surface area contributed by atoms with Crippen molar-refractivity contribution in [2.45, 2.75) is 45.7 Å². The van der Waals surface area contributed by atoms with E-state index >= 15 is 0 Å². The topological polar surface area (TPSA) is 61.9 Å². The summed E-state index contributed by atoms with van der Waals surface area (Å²) in [6.45, 7) is 7.71. The molecule has 0 aliphatic carbocycles. The number of fused-ring (bicyclic) bond motifs is 1. The van der Waals surface area contributed by atoms with Crippen LogP contribution >= 0.6 is 0 Å². The van der Waals surface area contributed by atoms with Gasteiger partial charge in [-0.05, 0) is 54.2 Å². The van der Waals surface area contributed by atoms with Gasteiger partial charge in [0.15, 0.2) is 6.61 Å². The van der Waals surface area contributed by atoms with Crippen LogP contribution in [-0.2, 0) is 22.6 Å². The molecule has 0 aromatic heterocycles. The van der Waals surface area contributed by atoms with Gasteiger partial charge in [0.1, 0.15) is 5.75 Å². The highest BCUT2D eigenvalue weighted by atomic mass is 16.5. The van der Waals surface area contributed by atoms with Crippen LogP contribution in [0.15, 0.2) is 48.5 Å². The van der Waals surface area contributed by atoms with Gasteiger partial charge in [-0.15, -0.1) is 0 Å². The number of carbonyl (C=O) groups excluding carboxylic acids is 2. The van der Waals surface area contributed by atoms with Crippen LogP contribution in [0.25, 0.3) is 0 Å². The highest BCUT2D eigenvalue weighted by molar-refractivity contribution is 5.95. The van der Waals surface area contributed by atoms with Gasteiger partial charge in [0.05, 0.1) is 0 Å². The van der Waals surface area contributed by atoms with Gasteiger partial charge in [-0.1, -0.05) is 38.1 Å². The van der Waals surface area contributed by atoms with Gasteiger partial charge in [0, 0.05) is 44.3 Å². The highest BCUT2D eigenvalue weighted by Crippen LogP contribution is 2.24. The van der Waals surface area contributed by atoms with Crippen molar-refractivity contribution in [1.82, 2.24) is 10.2 Å². The number of amides is 2. The Bertz CT molecular complexity index is 942. The molecular formula is C26H33N3O3. The van der Waals surface area contributed by atoms with Crippen LogP contribution in [-0.4, -0.2) is 49.0 Å². The molecule has 0 bridgehead atoms. The van der Waals surface area contributed by atoms with Gasteiger partial charge >= 0.3 is 0 Å². The molecule has 0 spiro atoms.